The number of carbonyl (C=O) groups is 1. The molecular weight excluding hydrogens is 448 g/mol. The summed E-state index contributed by atoms with van der Waals surface area (Å²) in [5.41, 5.74) is 0.510. The van der Waals surface area contributed by atoms with Gasteiger partial charge in [0.2, 0.25) is 10.0 Å². The molecule has 0 aliphatic rings. The SMILES string of the molecule is CCN(CC)S(=O)(=O)c1ccc(OCC(=O)NCC(c2ccccc2)N(C)C)c([N+](=O)[O-])c1. The number of carbonyl (C=O) groups excluding carboxylic acids is 1. The van der Waals surface area contributed by atoms with Crippen LogP contribution < -0.4 is 10.1 Å². The molecule has 0 aliphatic heterocycles. The summed E-state index contributed by atoms with van der Waals surface area (Å²) in [6.45, 7) is 3.72. The Morgan fingerprint density at radius 3 is 2.30 bits per heavy atom. The van der Waals surface area contributed by atoms with Crippen molar-refractivity contribution in [3.63, 3.8) is 0 Å². The molecule has 33 heavy (non-hydrogen) atoms. The number of benzene rings is 2. The number of ether oxygens (including phenoxy) is 1. The highest BCUT2D eigenvalue weighted by Gasteiger charge is 2.26. The van der Waals surface area contributed by atoms with Gasteiger partial charge < -0.3 is 15.0 Å². The van der Waals surface area contributed by atoms with Crippen LogP contribution in [0.15, 0.2) is 53.4 Å². The van der Waals surface area contributed by atoms with E-state index in [4.69, 9.17) is 4.74 Å². The Bertz CT molecular complexity index is 1060. The molecule has 2 aromatic rings. The van der Waals surface area contributed by atoms with Crippen LogP contribution in [0, 0.1) is 10.1 Å². The van der Waals surface area contributed by atoms with Crippen molar-refractivity contribution in [3.05, 3.63) is 64.2 Å². The van der Waals surface area contributed by atoms with E-state index < -0.39 is 33.1 Å². The summed E-state index contributed by atoms with van der Waals surface area (Å²) in [6, 6.07) is 13.0. The van der Waals surface area contributed by atoms with Crippen LogP contribution in [0.1, 0.15) is 25.5 Å². The van der Waals surface area contributed by atoms with Gasteiger partial charge in [-0.2, -0.15) is 4.31 Å². The van der Waals surface area contributed by atoms with Crippen molar-refractivity contribution in [1.82, 2.24) is 14.5 Å². The van der Waals surface area contributed by atoms with Gasteiger partial charge in [-0.05, 0) is 31.8 Å². The number of amides is 1. The lowest BCUT2D eigenvalue weighted by atomic mass is 10.1. The number of sulfonamides is 1. The zero-order chi connectivity index (χ0) is 24.6. The normalized spacial score (nSPS) is 12.5. The van der Waals surface area contributed by atoms with E-state index in [1.54, 1.807) is 13.8 Å². The van der Waals surface area contributed by atoms with Gasteiger partial charge in [0.25, 0.3) is 5.91 Å². The van der Waals surface area contributed by atoms with E-state index in [2.05, 4.69) is 5.32 Å². The second-order valence-corrected chi connectivity index (χ2v) is 9.40. The second-order valence-electron chi connectivity index (χ2n) is 7.46. The summed E-state index contributed by atoms with van der Waals surface area (Å²) in [4.78, 5) is 24.9. The first-order valence-corrected chi connectivity index (χ1v) is 11.9. The lowest BCUT2D eigenvalue weighted by molar-refractivity contribution is -0.386. The van der Waals surface area contributed by atoms with Crippen LogP contribution in [0.3, 0.4) is 0 Å². The molecule has 1 amide bonds. The van der Waals surface area contributed by atoms with Crippen LogP contribution in [0.4, 0.5) is 5.69 Å². The highest BCUT2D eigenvalue weighted by molar-refractivity contribution is 7.89. The zero-order valence-electron chi connectivity index (χ0n) is 19.2. The highest BCUT2D eigenvalue weighted by Crippen LogP contribution is 2.31. The van der Waals surface area contributed by atoms with E-state index in [0.29, 0.717) is 6.54 Å². The molecule has 0 spiro atoms. The maximum absolute atomic E-state index is 12.7. The molecule has 0 aromatic heterocycles. The van der Waals surface area contributed by atoms with Crippen molar-refractivity contribution in [1.29, 1.82) is 0 Å². The number of hydrogen-bond acceptors (Lipinski definition) is 7. The van der Waals surface area contributed by atoms with Crippen LogP contribution >= 0.6 is 0 Å². The molecule has 0 bridgehead atoms. The van der Waals surface area contributed by atoms with Gasteiger partial charge in [-0.25, -0.2) is 8.42 Å². The Hall–Kier alpha value is -3.02. The average molecular weight is 479 g/mol. The summed E-state index contributed by atoms with van der Waals surface area (Å²) in [7, 11) is -0.0680. The smallest absolute Gasteiger partial charge is 0.312 e. The van der Waals surface area contributed by atoms with Crippen LogP contribution in [-0.2, 0) is 14.8 Å². The number of nitrogens with one attached hydrogen (secondary N) is 1. The largest absolute Gasteiger partial charge is 0.477 e. The molecule has 180 valence electrons. The molecular formula is C22H30N4O6S. The topological polar surface area (TPSA) is 122 Å². The maximum Gasteiger partial charge on any atom is 0.312 e. The number of likely N-dealkylation sites (N-methyl/N-ethyl adjacent to an activating group) is 1. The molecule has 11 heteroatoms. The average Bonchev–Trinajstić information content (AvgIpc) is 2.78. The quantitative estimate of drug-likeness (QED) is 0.367. The van der Waals surface area contributed by atoms with Gasteiger partial charge in [0.1, 0.15) is 0 Å². The molecule has 1 atom stereocenters. The summed E-state index contributed by atoms with van der Waals surface area (Å²) in [5, 5.41) is 14.3. The monoisotopic (exact) mass is 478 g/mol. The highest BCUT2D eigenvalue weighted by atomic mass is 32.2. The Morgan fingerprint density at radius 2 is 1.76 bits per heavy atom. The Balaban J connectivity index is 2.09. The third-order valence-corrected chi connectivity index (χ3v) is 7.18. The molecule has 0 saturated heterocycles. The minimum absolute atomic E-state index is 0.0611. The van der Waals surface area contributed by atoms with E-state index in [0.717, 1.165) is 11.6 Å². The first-order valence-electron chi connectivity index (χ1n) is 10.5. The number of nitro groups is 1. The predicted molar refractivity (Wildman–Crippen MR) is 125 cm³/mol. The van der Waals surface area contributed by atoms with Gasteiger partial charge in [0, 0.05) is 25.7 Å². The minimum Gasteiger partial charge on any atom is -0.477 e. The molecule has 2 rings (SSSR count). The lowest BCUT2D eigenvalue weighted by Gasteiger charge is -2.25. The van der Waals surface area contributed by atoms with Gasteiger partial charge in [-0.1, -0.05) is 44.2 Å². The number of rotatable bonds is 12. The molecule has 1 N–H and O–H groups in total. The molecule has 0 radical (unpaired) electrons. The third-order valence-electron chi connectivity index (χ3n) is 5.13. The number of nitro benzene ring substituents is 1. The van der Waals surface area contributed by atoms with Gasteiger partial charge in [0.15, 0.2) is 12.4 Å². The fraction of sp³-hybridized carbons (Fsp3) is 0.409. The van der Waals surface area contributed by atoms with Gasteiger partial charge in [-0.15, -0.1) is 0 Å². The molecule has 2 aromatic carbocycles. The van der Waals surface area contributed by atoms with Crippen LogP contribution in [-0.4, -0.2) is 68.8 Å². The van der Waals surface area contributed by atoms with Crippen molar-refractivity contribution in [2.24, 2.45) is 0 Å². The Kier molecular flexibility index (Phi) is 9.32. The van der Waals surface area contributed by atoms with E-state index in [1.807, 2.05) is 49.3 Å². The molecule has 0 aliphatic carbocycles. The summed E-state index contributed by atoms with van der Waals surface area (Å²) < 4.78 is 31.9. The standard InChI is InChI=1S/C22H30N4O6S/c1-5-25(6-2)33(30,31)18-12-13-21(19(14-18)26(28)29)32-16-22(27)23-15-20(24(3)4)17-10-8-7-9-11-17/h7-14,20H,5-6,15-16H2,1-4H3,(H,23,27). The maximum atomic E-state index is 12.7. The first-order chi connectivity index (χ1) is 15.6. The fourth-order valence-corrected chi connectivity index (χ4v) is 4.79. The molecule has 10 nitrogen and oxygen atoms in total. The van der Waals surface area contributed by atoms with Crippen molar-refractivity contribution in [2.45, 2.75) is 24.8 Å². The van der Waals surface area contributed by atoms with Crippen molar-refractivity contribution < 1.29 is 22.9 Å². The molecule has 0 fully saturated rings. The van der Waals surface area contributed by atoms with Gasteiger partial charge in [-0.3, -0.25) is 14.9 Å². The Morgan fingerprint density at radius 1 is 1.12 bits per heavy atom. The van der Waals surface area contributed by atoms with Crippen molar-refractivity contribution >= 4 is 21.6 Å². The van der Waals surface area contributed by atoms with E-state index in [9.17, 15) is 23.3 Å². The fourth-order valence-electron chi connectivity index (χ4n) is 3.31. The van der Waals surface area contributed by atoms with E-state index in [-0.39, 0.29) is 29.8 Å². The third kappa shape index (κ3) is 6.73. The van der Waals surface area contributed by atoms with E-state index >= 15 is 0 Å². The minimum atomic E-state index is -3.87. The molecule has 1 unspecified atom stereocenters. The molecule has 0 heterocycles. The first kappa shape index (κ1) is 26.2. The number of nitrogens with zero attached hydrogens (tertiary/aromatic N) is 3. The molecule has 0 saturated carbocycles. The lowest BCUT2D eigenvalue weighted by Crippen LogP contribution is -2.36. The van der Waals surface area contributed by atoms with Gasteiger partial charge >= 0.3 is 5.69 Å². The van der Waals surface area contributed by atoms with Crippen LogP contribution in [0.5, 0.6) is 5.75 Å². The van der Waals surface area contributed by atoms with Gasteiger partial charge in [0.05, 0.1) is 15.9 Å². The zero-order valence-corrected chi connectivity index (χ0v) is 20.0. The summed E-state index contributed by atoms with van der Waals surface area (Å²) >= 11 is 0. The van der Waals surface area contributed by atoms with Crippen LogP contribution in [0.2, 0.25) is 0 Å². The van der Waals surface area contributed by atoms with Crippen molar-refractivity contribution in [3.8, 4) is 5.75 Å². The van der Waals surface area contributed by atoms with E-state index in [1.165, 1.54) is 16.4 Å². The summed E-state index contributed by atoms with van der Waals surface area (Å²) in [6.07, 6.45) is 0. The summed E-state index contributed by atoms with van der Waals surface area (Å²) in [5.74, 6) is -0.632. The number of hydrogen-bond donors (Lipinski definition) is 1. The second kappa shape index (κ2) is 11.7. The Labute approximate surface area is 194 Å². The van der Waals surface area contributed by atoms with Crippen molar-refractivity contribution in [2.75, 3.05) is 40.3 Å². The van der Waals surface area contributed by atoms with Crippen LogP contribution in [0.25, 0.3) is 0 Å². The predicted octanol–water partition coefficient (Wildman–Crippen LogP) is 2.42.